The molecule has 2 aromatic carbocycles. The van der Waals surface area contributed by atoms with Gasteiger partial charge < -0.3 is 9.47 Å². The van der Waals surface area contributed by atoms with E-state index >= 15 is 0 Å². The van der Waals surface area contributed by atoms with Gasteiger partial charge in [-0.25, -0.2) is 14.6 Å². The smallest absolute Gasteiger partial charge is 0.340 e. The van der Waals surface area contributed by atoms with E-state index in [9.17, 15) is 9.59 Å². The number of rotatable bonds is 4. The number of benzene rings is 2. The van der Waals surface area contributed by atoms with Crippen LogP contribution in [0, 0.1) is 0 Å². The molecule has 0 saturated carbocycles. The molecular formula is C21H17NO4. The van der Waals surface area contributed by atoms with E-state index in [0.717, 1.165) is 11.1 Å². The van der Waals surface area contributed by atoms with Crippen molar-refractivity contribution in [2.75, 3.05) is 14.2 Å². The van der Waals surface area contributed by atoms with Gasteiger partial charge in [-0.3, -0.25) is 0 Å². The molecular weight excluding hydrogens is 330 g/mol. The number of esters is 2. The molecule has 1 aromatic heterocycles. The number of methoxy groups -OCH3 is 2. The van der Waals surface area contributed by atoms with E-state index in [0.29, 0.717) is 11.4 Å². The molecule has 3 aromatic rings. The lowest BCUT2D eigenvalue weighted by atomic mass is 9.99. The second kappa shape index (κ2) is 7.61. The molecule has 26 heavy (non-hydrogen) atoms. The minimum Gasteiger partial charge on any atom is -0.465 e. The fourth-order valence-corrected chi connectivity index (χ4v) is 2.68. The Hall–Kier alpha value is -3.47. The summed E-state index contributed by atoms with van der Waals surface area (Å²) < 4.78 is 9.76. The van der Waals surface area contributed by atoms with E-state index in [4.69, 9.17) is 9.47 Å². The largest absolute Gasteiger partial charge is 0.465 e. The molecule has 0 atom stereocenters. The molecule has 1 heterocycles. The Morgan fingerprint density at radius 1 is 0.692 bits per heavy atom. The normalized spacial score (nSPS) is 10.2. The van der Waals surface area contributed by atoms with Crippen LogP contribution in [0.3, 0.4) is 0 Å². The maximum atomic E-state index is 12.3. The van der Waals surface area contributed by atoms with Crippen LogP contribution in [0.1, 0.15) is 20.7 Å². The third kappa shape index (κ3) is 3.32. The first-order chi connectivity index (χ1) is 12.7. The number of nitrogens with zero attached hydrogens (tertiary/aromatic N) is 1. The van der Waals surface area contributed by atoms with Gasteiger partial charge in [-0.05, 0) is 6.07 Å². The zero-order valence-corrected chi connectivity index (χ0v) is 14.4. The van der Waals surface area contributed by atoms with Crippen molar-refractivity contribution in [1.82, 2.24) is 4.98 Å². The molecule has 0 N–H and O–H groups in total. The lowest BCUT2D eigenvalue weighted by Gasteiger charge is -2.14. The third-order valence-electron chi connectivity index (χ3n) is 3.93. The van der Waals surface area contributed by atoms with Gasteiger partial charge >= 0.3 is 11.9 Å². The first-order valence-electron chi connectivity index (χ1n) is 7.98. The monoisotopic (exact) mass is 347 g/mol. The summed E-state index contributed by atoms with van der Waals surface area (Å²) in [5.74, 6) is -1.14. The molecule has 3 rings (SSSR count). The third-order valence-corrected chi connectivity index (χ3v) is 3.93. The van der Waals surface area contributed by atoms with E-state index in [1.807, 2.05) is 60.7 Å². The predicted molar refractivity (Wildman–Crippen MR) is 97.8 cm³/mol. The van der Waals surface area contributed by atoms with Gasteiger partial charge in [0.15, 0.2) is 0 Å². The number of pyridine rings is 1. The van der Waals surface area contributed by atoms with Crippen LogP contribution in [0.25, 0.3) is 22.5 Å². The van der Waals surface area contributed by atoms with Crippen LogP contribution in [0.4, 0.5) is 0 Å². The standard InChI is InChI=1S/C21H17NO4/c1-25-20(23)16-13-17(21(24)26-2)19(15-11-7-4-8-12-15)22-18(16)14-9-5-3-6-10-14/h3-13H,1-2H3. The number of hydrogen-bond donors (Lipinski definition) is 0. The Morgan fingerprint density at radius 3 is 1.42 bits per heavy atom. The van der Waals surface area contributed by atoms with Gasteiger partial charge in [-0.1, -0.05) is 60.7 Å². The van der Waals surface area contributed by atoms with Gasteiger partial charge in [0.2, 0.25) is 0 Å². The van der Waals surface area contributed by atoms with Crippen molar-refractivity contribution in [3.8, 4) is 22.5 Å². The second-order valence-corrected chi connectivity index (χ2v) is 5.50. The highest BCUT2D eigenvalue weighted by atomic mass is 16.5. The molecule has 0 bridgehead atoms. The Morgan fingerprint density at radius 2 is 1.08 bits per heavy atom. The van der Waals surface area contributed by atoms with Crippen molar-refractivity contribution in [2.45, 2.75) is 0 Å². The summed E-state index contributed by atoms with van der Waals surface area (Å²) in [5, 5.41) is 0. The highest BCUT2D eigenvalue weighted by Crippen LogP contribution is 2.30. The first-order valence-corrected chi connectivity index (χ1v) is 7.98. The minimum absolute atomic E-state index is 0.207. The molecule has 5 nitrogen and oxygen atoms in total. The predicted octanol–water partition coefficient (Wildman–Crippen LogP) is 3.99. The summed E-state index contributed by atoms with van der Waals surface area (Å²) in [6.45, 7) is 0. The summed E-state index contributed by atoms with van der Waals surface area (Å²) in [7, 11) is 2.58. The lowest BCUT2D eigenvalue weighted by Crippen LogP contribution is -2.12. The van der Waals surface area contributed by atoms with Crippen molar-refractivity contribution < 1.29 is 19.1 Å². The molecule has 0 aliphatic carbocycles. The number of carbonyl (C=O) groups excluding carboxylic acids is 2. The molecule has 0 aliphatic rings. The van der Waals surface area contributed by atoms with Gasteiger partial charge in [-0.15, -0.1) is 0 Å². The van der Waals surface area contributed by atoms with E-state index in [-0.39, 0.29) is 11.1 Å². The number of hydrogen-bond acceptors (Lipinski definition) is 5. The van der Waals surface area contributed by atoms with Crippen LogP contribution in [0.5, 0.6) is 0 Å². The topological polar surface area (TPSA) is 65.5 Å². The SMILES string of the molecule is COC(=O)c1cc(C(=O)OC)c(-c2ccccc2)nc1-c1ccccc1. The average molecular weight is 347 g/mol. The molecule has 130 valence electrons. The van der Waals surface area contributed by atoms with Crippen molar-refractivity contribution in [3.05, 3.63) is 77.9 Å². The van der Waals surface area contributed by atoms with E-state index < -0.39 is 11.9 Å². The first kappa shape index (κ1) is 17.4. The van der Waals surface area contributed by atoms with Gasteiger partial charge in [-0.2, -0.15) is 0 Å². The molecule has 0 fully saturated rings. The fourth-order valence-electron chi connectivity index (χ4n) is 2.68. The Bertz CT molecular complexity index is 862. The molecule has 0 saturated heterocycles. The fraction of sp³-hybridized carbons (Fsp3) is 0.0952. The molecule has 0 aliphatic heterocycles. The molecule has 0 amide bonds. The van der Waals surface area contributed by atoms with Crippen molar-refractivity contribution in [1.29, 1.82) is 0 Å². The maximum absolute atomic E-state index is 12.3. The Labute approximate surface area is 151 Å². The number of ether oxygens (including phenoxy) is 2. The van der Waals surface area contributed by atoms with Crippen LogP contribution in [-0.4, -0.2) is 31.1 Å². The molecule has 0 unspecified atom stereocenters. The highest BCUT2D eigenvalue weighted by Gasteiger charge is 2.23. The Balaban J connectivity index is 2.33. The number of aromatic nitrogens is 1. The zero-order valence-electron chi connectivity index (χ0n) is 14.4. The van der Waals surface area contributed by atoms with E-state index in [1.54, 1.807) is 0 Å². The number of carbonyl (C=O) groups is 2. The van der Waals surface area contributed by atoms with Crippen LogP contribution >= 0.6 is 0 Å². The maximum Gasteiger partial charge on any atom is 0.340 e. The van der Waals surface area contributed by atoms with Crippen LogP contribution in [0.15, 0.2) is 66.7 Å². The van der Waals surface area contributed by atoms with E-state index in [2.05, 4.69) is 4.98 Å². The Kier molecular flexibility index (Phi) is 5.08. The lowest BCUT2D eigenvalue weighted by molar-refractivity contribution is 0.0599. The summed E-state index contributed by atoms with van der Waals surface area (Å²) in [4.78, 5) is 29.3. The van der Waals surface area contributed by atoms with Gasteiger partial charge in [0.25, 0.3) is 0 Å². The van der Waals surface area contributed by atoms with Gasteiger partial charge in [0.05, 0.1) is 36.7 Å². The van der Waals surface area contributed by atoms with Gasteiger partial charge in [0.1, 0.15) is 0 Å². The summed E-state index contributed by atoms with van der Waals surface area (Å²) in [5.41, 5.74) is 2.81. The van der Waals surface area contributed by atoms with E-state index in [1.165, 1.54) is 20.3 Å². The van der Waals surface area contributed by atoms with Crippen molar-refractivity contribution >= 4 is 11.9 Å². The van der Waals surface area contributed by atoms with Crippen LogP contribution in [-0.2, 0) is 9.47 Å². The van der Waals surface area contributed by atoms with Crippen LogP contribution in [0.2, 0.25) is 0 Å². The zero-order chi connectivity index (χ0) is 18.5. The second-order valence-electron chi connectivity index (χ2n) is 5.50. The summed E-state index contributed by atoms with van der Waals surface area (Å²) in [6, 6.07) is 20.1. The minimum atomic E-state index is -0.568. The molecule has 5 heteroatoms. The quantitative estimate of drug-likeness (QED) is 0.668. The molecule has 0 spiro atoms. The van der Waals surface area contributed by atoms with Crippen LogP contribution < -0.4 is 0 Å². The van der Waals surface area contributed by atoms with Gasteiger partial charge in [0, 0.05) is 11.1 Å². The van der Waals surface area contributed by atoms with Crippen molar-refractivity contribution in [3.63, 3.8) is 0 Å². The highest BCUT2D eigenvalue weighted by molar-refractivity contribution is 6.03. The molecule has 0 radical (unpaired) electrons. The summed E-state index contributed by atoms with van der Waals surface area (Å²) >= 11 is 0. The van der Waals surface area contributed by atoms with Crippen molar-refractivity contribution in [2.24, 2.45) is 0 Å². The average Bonchev–Trinajstić information content (AvgIpc) is 2.73. The summed E-state index contributed by atoms with van der Waals surface area (Å²) in [6.07, 6.45) is 0.